The van der Waals surface area contributed by atoms with Crippen LogP contribution in [0.4, 0.5) is 0 Å². The summed E-state index contributed by atoms with van der Waals surface area (Å²) >= 11 is 0. The average Bonchev–Trinajstić information content (AvgIpc) is 3.13. The molecule has 8 nitrogen and oxygen atoms in total. The molecule has 4 heterocycles. The largest absolute Gasteiger partial charge is 0.381 e. The van der Waals surface area contributed by atoms with Gasteiger partial charge >= 0.3 is 0 Å². The van der Waals surface area contributed by atoms with E-state index in [9.17, 15) is 9.59 Å². The van der Waals surface area contributed by atoms with Gasteiger partial charge in [0.2, 0.25) is 5.82 Å². The Kier molecular flexibility index (Phi) is 4.20. The first-order chi connectivity index (χ1) is 13.7. The topological polar surface area (TPSA) is 92.6 Å². The van der Waals surface area contributed by atoms with E-state index >= 15 is 0 Å². The third-order valence-electron chi connectivity index (χ3n) is 5.73. The number of rotatable bonds is 3. The second kappa shape index (κ2) is 6.87. The van der Waals surface area contributed by atoms with Gasteiger partial charge in [0.1, 0.15) is 0 Å². The number of hydrogen-bond acceptors (Lipinski definition) is 5. The number of H-pyrrole nitrogens is 1. The highest BCUT2D eigenvalue weighted by atomic mass is 16.5. The van der Waals surface area contributed by atoms with E-state index in [4.69, 9.17) is 4.74 Å². The minimum Gasteiger partial charge on any atom is -0.381 e. The number of benzene rings is 1. The predicted octanol–water partition coefficient (Wildman–Crippen LogP) is 1.58. The summed E-state index contributed by atoms with van der Waals surface area (Å²) in [6, 6.07) is 10.9. The van der Waals surface area contributed by atoms with Crippen LogP contribution in [0.3, 0.4) is 0 Å². The normalized spacial score (nSPS) is 18.4. The third kappa shape index (κ3) is 2.99. The molecule has 0 spiro atoms. The monoisotopic (exact) mass is 379 g/mol. The van der Waals surface area contributed by atoms with Gasteiger partial charge in [-0.25, -0.2) is 4.98 Å². The molecule has 1 amide bonds. The zero-order valence-electron chi connectivity index (χ0n) is 15.4. The Labute approximate surface area is 161 Å². The maximum absolute atomic E-state index is 12.8. The molecule has 0 atom stereocenters. The summed E-state index contributed by atoms with van der Waals surface area (Å²) in [5, 5.41) is 2.81. The smallest absolute Gasteiger partial charge is 0.291 e. The molecule has 144 valence electrons. The van der Waals surface area contributed by atoms with Gasteiger partial charge in [0.25, 0.3) is 17.2 Å². The molecule has 2 aromatic heterocycles. The highest BCUT2D eigenvalue weighted by Crippen LogP contribution is 2.31. The molecule has 3 aromatic rings. The first-order valence-electron chi connectivity index (χ1n) is 9.61. The lowest BCUT2D eigenvalue weighted by Crippen LogP contribution is -2.53. The highest BCUT2D eigenvalue weighted by Gasteiger charge is 2.38. The van der Waals surface area contributed by atoms with E-state index in [1.165, 1.54) is 10.6 Å². The van der Waals surface area contributed by atoms with Crippen LogP contribution in [0.1, 0.15) is 23.5 Å². The van der Waals surface area contributed by atoms with E-state index in [0.717, 1.165) is 44.7 Å². The van der Waals surface area contributed by atoms with Crippen molar-refractivity contribution < 1.29 is 9.53 Å². The van der Waals surface area contributed by atoms with Crippen LogP contribution in [-0.4, -0.2) is 56.7 Å². The number of nitrogens with zero attached hydrogens (tertiary/aromatic N) is 4. The van der Waals surface area contributed by atoms with E-state index in [-0.39, 0.29) is 23.1 Å². The molecule has 0 radical (unpaired) electrons. The van der Waals surface area contributed by atoms with Crippen molar-refractivity contribution in [2.75, 3.05) is 26.3 Å². The van der Waals surface area contributed by atoms with Crippen LogP contribution in [-0.2, 0) is 4.74 Å². The van der Waals surface area contributed by atoms with Crippen LogP contribution in [0, 0.1) is 11.8 Å². The van der Waals surface area contributed by atoms with E-state index in [1.54, 1.807) is 4.90 Å². The van der Waals surface area contributed by atoms with Gasteiger partial charge in [-0.2, -0.15) is 9.50 Å². The lowest BCUT2D eigenvalue weighted by atomic mass is 9.81. The molecule has 5 rings (SSSR count). The number of aromatic amines is 1. The van der Waals surface area contributed by atoms with Crippen molar-refractivity contribution in [2.24, 2.45) is 11.8 Å². The molecule has 0 bridgehead atoms. The lowest BCUT2D eigenvalue weighted by Gasteiger charge is -2.44. The van der Waals surface area contributed by atoms with Crippen LogP contribution >= 0.6 is 0 Å². The number of likely N-dealkylation sites (tertiary alicyclic amines) is 1. The number of ether oxygens (including phenoxy) is 1. The summed E-state index contributed by atoms with van der Waals surface area (Å²) in [7, 11) is 0. The molecule has 2 aliphatic rings. The maximum Gasteiger partial charge on any atom is 0.291 e. The molecule has 0 aliphatic carbocycles. The van der Waals surface area contributed by atoms with E-state index < -0.39 is 0 Å². The number of carbonyl (C=O) groups is 1. The van der Waals surface area contributed by atoms with Gasteiger partial charge in [0, 0.05) is 37.9 Å². The molecular weight excluding hydrogens is 358 g/mol. The minimum atomic E-state index is -0.293. The fourth-order valence-electron chi connectivity index (χ4n) is 4.05. The van der Waals surface area contributed by atoms with Gasteiger partial charge in [0.05, 0.1) is 5.69 Å². The SMILES string of the molecule is O=C(c1nc2nc(-c3ccccc3)cc(=O)n2[nH]1)N1CC(C2CCOCC2)C1. The molecule has 2 aliphatic heterocycles. The summed E-state index contributed by atoms with van der Waals surface area (Å²) in [5.74, 6) is 1.33. The first-order valence-corrected chi connectivity index (χ1v) is 9.61. The molecule has 28 heavy (non-hydrogen) atoms. The maximum atomic E-state index is 12.8. The van der Waals surface area contributed by atoms with Gasteiger partial charge < -0.3 is 9.64 Å². The van der Waals surface area contributed by atoms with Gasteiger partial charge in [0.15, 0.2) is 0 Å². The Morgan fingerprint density at radius 1 is 1.07 bits per heavy atom. The highest BCUT2D eigenvalue weighted by molar-refractivity contribution is 5.91. The lowest BCUT2D eigenvalue weighted by molar-refractivity contribution is -0.00312. The van der Waals surface area contributed by atoms with Crippen LogP contribution in [0.2, 0.25) is 0 Å². The fourth-order valence-corrected chi connectivity index (χ4v) is 4.05. The number of fused-ring (bicyclic) bond motifs is 1. The summed E-state index contributed by atoms with van der Waals surface area (Å²) in [6.45, 7) is 3.10. The second-order valence-electron chi connectivity index (χ2n) is 7.47. The van der Waals surface area contributed by atoms with E-state index in [2.05, 4.69) is 15.1 Å². The average molecular weight is 379 g/mol. The predicted molar refractivity (Wildman–Crippen MR) is 102 cm³/mol. The number of amides is 1. The molecule has 0 unspecified atom stereocenters. The Hall–Kier alpha value is -3.00. The summed E-state index contributed by atoms with van der Waals surface area (Å²) in [4.78, 5) is 35.7. The zero-order valence-corrected chi connectivity index (χ0v) is 15.4. The molecule has 8 heteroatoms. The fraction of sp³-hybridized carbons (Fsp3) is 0.400. The van der Waals surface area contributed by atoms with Crippen molar-refractivity contribution in [3.8, 4) is 11.3 Å². The van der Waals surface area contributed by atoms with Crippen LogP contribution in [0.5, 0.6) is 0 Å². The Morgan fingerprint density at radius 2 is 1.82 bits per heavy atom. The van der Waals surface area contributed by atoms with Crippen molar-refractivity contribution in [1.82, 2.24) is 24.5 Å². The van der Waals surface area contributed by atoms with Crippen molar-refractivity contribution in [1.29, 1.82) is 0 Å². The molecule has 2 fully saturated rings. The number of nitrogens with one attached hydrogen (secondary N) is 1. The van der Waals surface area contributed by atoms with Crippen molar-refractivity contribution >= 4 is 11.7 Å². The van der Waals surface area contributed by atoms with Crippen LogP contribution < -0.4 is 5.56 Å². The summed E-state index contributed by atoms with van der Waals surface area (Å²) < 4.78 is 6.63. The summed E-state index contributed by atoms with van der Waals surface area (Å²) in [5.41, 5.74) is 1.08. The zero-order chi connectivity index (χ0) is 19.1. The Balaban J connectivity index is 1.36. The first kappa shape index (κ1) is 17.1. The number of hydrogen-bond donors (Lipinski definition) is 1. The minimum absolute atomic E-state index is 0.153. The van der Waals surface area contributed by atoms with Crippen molar-refractivity contribution in [3.63, 3.8) is 0 Å². The number of carbonyl (C=O) groups excluding carboxylic acids is 1. The summed E-state index contributed by atoms with van der Waals surface area (Å²) in [6.07, 6.45) is 2.14. The van der Waals surface area contributed by atoms with E-state index in [1.807, 2.05) is 30.3 Å². The van der Waals surface area contributed by atoms with Gasteiger partial charge in [-0.1, -0.05) is 30.3 Å². The number of aromatic nitrogens is 4. The Bertz CT molecular complexity index is 1060. The second-order valence-corrected chi connectivity index (χ2v) is 7.47. The van der Waals surface area contributed by atoms with Gasteiger partial charge in [-0.15, -0.1) is 0 Å². The molecule has 2 saturated heterocycles. The van der Waals surface area contributed by atoms with Crippen LogP contribution in [0.25, 0.3) is 17.0 Å². The van der Waals surface area contributed by atoms with Crippen molar-refractivity contribution in [3.05, 3.63) is 52.6 Å². The van der Waals surface area contributed by atoms with E-state index in [0.29, 0.717) is 17.5 Å². The van der Waals surface area contributed by atoms with Gasteiger partial charge in [-0.05, 0) is 24.7 Å². The van der Waals surface area contributed by atoms with Crippen LogP contribution in [0.15, 0.2) is 41.2 Å². The molecule has 0 saturated carbocycles. The Morgan fingerprint density at radius 3 is 2.57 bits per heavy atom. The van der Waals surface area contributed by atoms with Crippen molar-refractivity contribution in [2.45, 2.75) is 12.8 Å². The van der Waals surface area contributed by atoms with Gasteiger partial charge in [-0.3, -0.25) is 14.7 Å². The standard InChI is InChI=1S/C20H21N5O3/c26-17-10-16(14-4-2-1-3-5-14)21-20-22-18(23-25(17)20)19(27)24-11-15(12-24)13-6-8-28-9-7-13/h1-5,10,13,15H,6-9,11-12H2,(H,21,22,23). The molecular formula is C20H21N5O3. The third-order valence-corrected chi connectivity index (χ3v) is 5.73. The molecule has 1 N–H and O–H groups in total. The quantitative estimate of drug-likeness (QED) is 0.746. The molecule has 1 aromatic carbocycles.